The Balaban J connectivity index is 2.16. The maximum absolute atomic E-state index is 5.68. The molecule has 0 aliphatic heterocycles. The molecule has 0 fully saturated rings. The normalized spacial score (nSPS) is 10.5. The minimum Gasteiger partial charge on any atom is -0.439 e. The van der Waals surface area contributed by atoms with E-state index >= 15 is 0 Å². The molecule has 19 heavy (non-hydrogen) atoms. The van der Waals surface area contributed by atoms with Gasteiger partial charge in [0.2, 0.25) is 5.88 Å². The minimum atomic E-state index is 0.336. The van der Waals surface area contributed by atoms with Gasteiger partial charge in [0.05, 0.1) is 0 Å². The Bertz CT molecular complexity index is 579. The summed E-state index contributed by atoms with van der Waals surface area (Å²) in [6.07, 6.45) is 1.63. The third-order valence-electron chi connectivity index (χ3n) is 2.79. The molecule has 0 amide bonds. The highest BCUT2D eigenvalue weighted by Crippen LogP contribution is 2.23. The van der Waals surface area contributed by atoms with Gasteiger partial charge in [0.1, 0.15) is 10.7 Å². The second kappa shape index (κ2) is 5.80. The van der Waals surface area contributed by atoms with Gasteiger partial charge in [-0.1, -0.05) is 38.2 Å². The lowest BCUT2D eigenvalue weighted by atomic mass is 10.0. The van der Waals surface area contributed by atoms with Crippen LogP contribution in [-0.4, -0.2) is 9.97 Å². The van der Waals surface area contributed by atoms with Crippen LogP contribution in [0, 0.1) is 0 Å². The average Bonchev–Trinajstić information content (AvgIpc) is 2.39. The summed E-state index contributed by atoms with van der Waals surface area (Å²) in [7, 11) is 0. The molecule has 98 valence electrons. The molecule has 1 aromatic heterocycles. The molecule has 0 saturated carbocycles. The Hall–Kier alpha value is -1.94. The predicted octanol–water partition coefficient (Wildman–Crippen LogP) is 3.63. The molecule has 0 bridgehead atoms. The van der Waals surface area contributed by atoms with E-state index in [2.05, 4.69) is 31.0 Å². The van der Waals surface area contributed by atoms with Crippen molar-refractivity contribution >= 4 is 17.2 Å². The van der Waals surface area contributed by atoms with E-state index in [4.69, 9.17) is 22.7 Å². The van der Waals surface area contributed by atoms with Crippen molar-refractivity contribution in [1.29, 1.82) is 0 Å². The first kappa shape index (κ1) is 13.5. The molecular formula is C15H16N2OS. The molecule has 1 heterocycles. The Morgan fingerprint density at radius 2 is 1.89 bits per heavy atom. The molecular weight excluding hydrogens is 256 g/mol. The fraction of sp³-hybridized carbons (Fsp3) is 0.200. The number of hydrogen-bond acceptors (Lipinski definition) is 3. The van der Waals surface area contributed by atoms with Crippen molar-refractivity contribution in [3.8, 4) is 11.6 Å². The lowest BCUT2D eigenvalue weighted by Gasteiger charge is -2.08. The zero-order valence-electron chi connectivity index (χ0n) is 11.0. The molecule has 2 N–H and O–H groups in total. The van der Waals surface area contributed by atoms with E-state index in [0.717, 1.165) is 11.3 Å². The fourth-order valence-corrected chi connectivity index (χ4v) is 1.79. The van der Waals surface area contributed by atoms with Crippen LogP contribution in [0.25, 0.3) is 0 Å². The smallest absolute Gasteiger partial charge is 0.219 e. The van der Waals surface area contributed by atoms with Crippen molar-refractivity contribution in [3.05, 3.63) is 53.7 Å². The van der Waals surface area contributed by atoms with Gasteiger partial charge >= 0.3 is 0 Å². The number of hydrogen-bond donors (Lipinski definition) is 1. The standard InChI is InChI=1S/C15H16N2OS/c1-10(2)11-3-5-13(6-4-11)18-14-9-12(15(16)19)7-8-17-14/h3-10H,1-2H3,(H2,16,19). The molecule has 0 atom stereocenters. The van der Waals surface area contributed by atoms with E-state index in [9.17, 15) is 0 Å². The molecule has 0 aliphatic rings. The van der Waals surface area contributed by atoms with Gasteiger partial charge in [-0.3, -0.25) is 0 Å². The second-order valence-electron chi connectivity index (χ2n) is 4.57. The number of nitrogens with zero attached hydrogens (tertiary/aromatic N) is 1. The molecule has 1 aromatic carbocycles. The fourth-order valence-electron chi connectivity index (χ4n) is 1.66. The van der Waals surface area contributed by atoms with Crippen molar-refractivity contribution in [3.63, 3.8) is 0 Å². The molecule has 2 aromatic rings. The summed E-state index contributed by atoms with van der Waals surface area (Å²) in [5.41, 5.74) is 7.60. The topological polar surface area (TPSA) is 48.1 Å². The predicted molar refractivity (Wildman–Crippen MR) is 80.7 cm³/mol. The van der Waals surface area contributed by atoms with Crippen LogP contribution in [0.15, 0.2) is 42.6 Å². The van der Waals surface area contributed by atoms with Crippen LogP contribution in [0.4, 0.5) is 0 Å². The van der Waals surface area contributed by atoms with Crippen LogP contribution < -0.4 is 10.5 Å². The van der Waals surface area contributed by atoms with E-state index in [1.807, 2.05) is 12.1 Å². The van der Waals surface area contributed by atoms with E-state index < -0.39 is 0 Å². The summed E-state index contributed by atoms with van der Waals surface area (Å²) < 4.78 is 5.68. The first-order valence-corrected chi connectivity index (χ1v) is 6.51. The number of ether oxygens (including phenoxy) is 1. The van der Waals surface area contributed by atoms with Crippen molar-refractivity contribution in [2.75, 3.05) is 0 Å². The third-order valence-corrected chi connectivity index (χ3v) is 3.02. The Kier molecular flexibility index (Phi) is 4.12. The molecule has 4 heteroatoms. The molecule has 0 radical (unpaired) electrons. The summed E-state index contributed by atoms with van der Waals surface area (Å²) in [5.74, 6) is 1.74. The third kappa shape index (κ3) is 3.51. The number of benzene rings is 1. The molecule has 0 aliphatic carbocycles. The van der Waals surface area contributed by atoms with Gasteiger partial charge in [0.15, 0.2) is 0 Å². The summed E-state index contributed by atoms with van der Waals surface area (Å²) in [6.45, 7) is 4.31. The Morgan fingerprint density at radius 3 is 2.47 bits per heavy atom. The number of pyridine rings is 1. The SMILES string of the molecule is CC(C)c1ccc(Oc2cc(C(N)=S)ccn2)cc1. The van der Waals surface area contributed by atoms with Crippen molar-refractivity contribution < 1.29 is 4.74 Å². The first-order valence-electron chi connectivity index (χ1n) is 6.10. The number of nitrogens with two attached hydrogens (primary N) is 1. The van der Waals surface area contributed by atoms with Gasteiger partial charge in [0, 0.05) is 17.8 Å². The zero-order valence-corrected chi connectivity index (χ0v) is 11.8. The van der Waals surface area contributed by atoms with Crippen LogP contribution in [0.1, 0.15) is 30.9 Å². The Morgan fingerprint density at radius 1 is 1.21 bits per heavy atom. The largest absolute Gasteiger partial charge is 0.439 e. The van der Waals surface area contributed by atoms with Crippen LogP contribution in [0.5, 0.6) is 11.6 Å². The van der Waals surface area contributed by atoms with Crippen LogP contribution >= 0.6 is 12.2 Å². The van der Waals surface area contributed by atoms with E-state index in [0.29, 0.717) is 16.8 Å². The van der Waals surface area contributed by atoms with Gasteiger partial charge in [-0.2, -0.15) is 0 Å². The number of thiocarbonyl (C=S) groups is 1. The highest BCUT2D eigenvalue weighted by atomic mass is 32.1. The average molecular weight is 272 g/mol. The monoisotopic (exact) mass is 272 g/mol. The van der Waals surface area contributed by atoms with Crippen molar-refractivity contribution in [1.82, 2.24) is 4.98 Å². The van der Waals surface area contributed by atoms with Gasteiger partial charge in [-0.15, -0.1) is 0 Å². The summed E-state index contributed by atoms with van der Waals surface area (Å²) in [4.78, 5) is 4.47. The Labute approximate surface area is 118 Å². The highest BCUT2D eigenvalue weighted by Gasteiger charge is 2.03. The lowest BCUT2D eigenvalue weighted by Crippen LogP contribution is -2.09. The first-order chi connectivity index (χ1) is 9.06. The van der Waals surface area contributed by atoms with Crippen molar-refractivity contribution in [2.45, 2.75) is 19.8 Å². The maximum atomic E-state index is 5.68. The minimum absolute atomic E-state index is 0.336. The van der Waals surface area contributed by atoms with Crippen LogP contribution in [0.3, 0.4) is 0 Å². The van der Waals surface area contributed by atoms with Crippen LogP contribution in [0.2, 0.25) is 0 Å². The van der Waals surface area contributed by atoms with Crippen LogP contribution in [-0.2, 0) is 0 Å². The molecule has 2 rings (SSSR count). The molecule has 0 saturated heterocycles. The maximum Gasteiger partial charge on any atom is 0.219 e. The van der Waals surface area contributed by atoms with E-state index in [1.165, 1.54) is 5.56 Å². The van der Waals surface area contributed by atoms with E-state index in [1.54, 1.807) is 18.3 Å². The quantitative estimate of drug-likeness (QED) is 0.863. The number of aromatic nitrogens is 1. The van der Waals surface area contributed by atoms with Gasteiger partial charge in [-0.25, -0.2) is 4.98 Å². The van der Waals surface area contributed by atoms with Crippen molar-refractivity contribution in [2.24, 2.45) is 5.73 Å². The summed E-state index contributed by atoms with van der Waals surface area (Å²) in [6, 6.07) is 11.5. The van der Waals surface area contributed by atoms with Gasteiger partial charge in [0.25, 0.3) is 0 Å². The van der Waals surface area contributed by atoms with Gasteiger partial charge < -0.3 is 10.5 Å². The summed E-state index contributed by atoms with van der Waals surface area (Å²) >= 11 is 4.93. The lowest BCUT2D eigenvalue weighted by molar-refractivity contribution is 0.462. The molecule has 0 unspecified atom stereocenters. The highest BCUT2D eigenvalue weighted by molar-refractivity contribution is 7.80. The van der Waals surface area contributed by atoms with E-state index in [-0.39, 0.29) is 0 Å². The molecule has 3 nitrogen and oxygen atoms in total. The van der Waals surface area contributed by atoms with Gasteiger partial charge in [-0.05, 0) is 29.7 Å². The zero-order chi connectivity index (χ0) is 13.8. The summed E-state index contributed by atoms with van der Waals surface area (Å²) in [5, 5.41) is 0. The number of rotatable bonds is 4. The molecule has 0 spiro atoms. The second-order valence-corrected chi connectivity index (χ2v) is 5.01.